The van der Waals surface area contributed by atoms with Crippen LogP contribution < -0.4 is 0 Å². The van der Waals surface area contributed by atoms with E-state index in [2.05, 4.69) is 12.2 Å². The lowest BCUT2D eigenvalue weighted by molar-refractivity contribution is -0.174. The first-order valence-corrected chi connectivity index (χ1v) is 5.77. The highest BCUT2D eigenvalue weighted by atomic mass is 16.6. The van der Waals surface area contributed by atoms with Crippen molar-refractivity contribution in [3.63, 3.8) is 0 Å². The van der Waals surface area contributed by atoms with Crippen LogP contribution in [0.25, 0.3) is 0 Å². The van der Waals surface area contributed by atoms with Crippen molar-refractivity contribution < 1.29 is 14.6 Å². The van der Waals surface area contributed by atoms with Gasteiger partial charge in [0.25, 0.3) is 0 Å². The molecular weight excluding hydrogens is 192 g/mol. The number of aliphatic hydroxyl groups excluding tert-OH is 1. The van der Waals surface area contributed by atoms with E-state index in [-0.39, 0.29) is 11.9 Å². The Labute approximate surface area is 90.1 Å². The molecule has 1 saturated carbocycles. The third-order valence-corrected chi connectivity index (χ3v) is 3.37. The van der Waals surface area contributed by atoms with E-state index in [4.69, 9.17) is 4.74 Å². The predicted molar refractivity (Wildman–Crippen MR) is 55.9 cm³/mol. The van der Waals surface area contributed by atoms with Crippen molar-refractivity contribution in [1.29, 1.82) is 0 Å². The van der Waals surface area contributed by atoms with Crippen LogP contribution in [-0.4, -0.2) is 17.4 Å². The molecule has 3 nitrogen and oxygen atoms in total. The first-order chi connectivity index (χ1) is 7.20. The molecule has 2 aliphatic rings. The topological polar surface area (TPSA) is 46.5 Å². The van der Waals surface area contributed by atoms with Gasteiger partial charge in [-0.3, -0.25) is 4.79 Å². The highest BCUT2D eigenvalue weighted by molar-refractivity contribution is 5.74. The molecule has 2 rings (SSSR count). The number of hydrogen-bond donors (Lipinski definition) is 1. The van der Waals surface area contributed by atoms with Gasteiger partial charge in [0.1, 0.15) is 0 Å². The molecule has 4 unspecified atom stereocenters. The molecule has 0 heterocycles. The Morgan fingerprint density at radius 1 is 1.53 bits per heavy atom. The Morgan fingerprint density at radius 3 is 2.87 bits per heavy atom. The summed E-state index contributed by atoms with van der Waals surface area (Å²) in [6, 6.07) is 0. The van der Waals surface area contributed by atoms with Crippen LogP contribution in [0.1, 0.15) is 32.6 Å². The van der Waals surface area contributed by atoms with Gasteiger partial charge in [0.15, 0.2) is 0 Å². The molecule has 0 aromatic rings. The minimum atomic E-state index is -0.911. The standard InChI is InChI=1S/C12H18O3/c1-2-3-11(13)15-12(14)10-7-8-4-5-9(10)6-8/h4-5,8-11,13H,2-3,6-7H2,1H3. The number of carbonyl (C=O) groups excluding carboxylic acids is 1. The van der Waals surface area contributed by atoms with Crippen molar-refractivity contribution in [1.82, 2.24) is 0 Å². The third kappa shape index (κ3) is 2.23. The molecule has 4 atom stereocenters. The van der Waals surface area contributed by atoms with E-state index in [1.54, 1.807) is 0 Å². The molecule has 1 N–H and O–H groups in total. The van der Waals surface area contributed by atoms with Crippen LogP contribution in [0, 0.1) is 17.8 Å². The zero-order valence-electron chi connectivity index (χ0n) is 9.06. The summed E-state index contributed by atoms with van der Waals surface area (Å²) in [6.07, 6.45) is 6.74. The predicted octanol–water partition coefficient (Wildman–Crippen LogP) is 1.86. The van der Waals surface area contributed by atoms with Gasteiger partial charge in [-0.05, 0) is 24.7 Å². The van der Waals surface area contributed by atoms with E-state index >= 15 is 0 Å². The zero-order chi connectivity index (χ0) is 10.8. The van der Waals surface area contributed by atoms with Crippen molar-refractivity contribution in [2.24, 2.45) is 17.8 Å². The molecule has 0 aromatic heterocycles. The molecule has 2 aliphatic carbocycles. The van der Waals surface area contributed by atoms with E-state index in [0.717, 1.165) is 19.3 Å². The van der Waals surface area contributed by atoms with Gasteiger partial charge in [-0.15, -0.1) is 0 Å². The molecule has 2 bridgehead atoms. The molecule has 15 heavy (non-hydrogen) atoms. The summed E-state index contributed by atoms with van der Waals surface area (Å²) in [5.41, 5.74) is 0. The molecule has 0 radical (unpaired) electrons. The average molecular weight is 210 g/mol. The van der Waals surface area contributed by atoms with Gasteiger partial charge in [0.2, 0.25) is 6.29 Å². The normalized spacial score (nSPS) is 34.4. The highest BCUT2D eigenvalue weighted by Crippen LogP contribution is 2.43. The number of aliphatic hydroxyl groups is 1. The van der Waals surface area contributed by atoms with Crippen molar-refractivity contribution in [3.8, 4) is 0 Å². The fourth-order valence-electron chi connectivity index (χ4n) is 2.58. The summed E-state index contributed by atoms with van der Waals surface area (Å²) in [7, 11) is 0. The summed E-state index contributed by atoms with van der Waals surface area (Å²) in [4.78, 5) is 11.7. The zero-order valence-corrected chi connectivity index (χ0v) is 9.06. The summed E-state index contributed by atoms with van der Waals surface area (Å²) < 4.78 is 5.01. The van der Waals surface area contributed by atoms with Crippen LogP contribution >= 0.6 is 0 Å². The van der Waals surface area contributed by atoms with Crippen LogP contribution in [-0.2, 0) is 9.53 Å². The van der Waals surface area contributed by atoms with E-state index in [9.17, 15) is 9.90 Å². The van der Waals surface area contributed by atoms with E-state index in [1.807, 2.05) is 6.92 Å². The number of rotatable bonds is 4. The number of carbonyl (C=O) groups is 1. The van der Waals surface area contributed by atoms with Crippen molar-refractivity contribution in [2.75, 3.05) is 0 Å². The lowest BCUT2D eigenvalue weighted by Crippen LogP contribution is -2.26. The summed E-state index contributed by atoms with van der Waals surface area (Å²) >= 11 is 0. The second kappa shape index (κ2) is 4.35. The SMILES string of the molecule is CCCC(O)OC(=O)C1CC2C=CC1C2. The Bertz CT molecular complexity index is 272. The molecule has 0 aliphatic heterocycles. The van der Waals surface area contributed by atoms with E-state index in [0.29, 0.717) is 18.3 Å². The van der Waals surface area contributed by atoms with Gasteiger partial charge >= 0.3 is 5.97 Å². The lowest BCUT2D eigenvalue weighted by Gasteiger charge is -2.19. The largest absolute Gasteiger partial charge is 0.436 e. The molecule has 3 heteroatoms. The number of allylic oxidation sites excluding steroid dienone is 2. The Kier molecular flexibility index (Phi) is 3.10. The van der Waals surface area contributed by atoms with Gasteiger partial charge in [-0.2, -0.15) is 0 Å². The average Bonchev–Trinajstić information content (AvgIpc) is 2.78. The van der Waals surface area contributed by atoms with Gasteiger partial charge in [-0.1, -0.05) is 25.5 Å². The van der Waals surface area contributed by atoms with Gasteiger partial charge in [-0.25, -0.2) is 0 Å². The molecule has 0 saturated heterocycles. The maximum Gasteiger partial charge on any atom is 0.311 e. The first kappa shape index (κ1) is 10.7. The molecular formula is C12H18O3. The fraction of sp³-hybridized carbons (Fsp3) is 0.750. The van der Waals surface area contributed by atoms with Crippen LogP contribution in [0.5, 0.6) is 0 Å². The monoisotopic (exact) mass is 210 g/mol. The molecule has 0 aromatic carbocycles. The molecule has 1 fully saturated rings. The number of esters is 1. The number of ether oxygens (including phenoxy) is 1. The summed E-state index contributed by atoms with van der Waals surface area (Å²) in [6.45, 7) is 1.96. The minimum Gasteiger partial charge on any atom is -0.436 e. The quantitative estimate of drug-likeness (QED) is 0.437. The lowest BCUT2D eigenvalue weighted by atomic mass is 9.94. The smallest absolute Gasteiger partial charge is 0.311 e. The maximum atomic E-state index is 11.7. The second-order valence-electron chi connectivity index (χ2n) is 4.57. The molecule has 0 amide bonds. The summed E-state index contributed by atoms with van der Waals surface area (Å²) in [5, 5.41) is 9.39. The third-order valence-electron chi connectivity index (χ3n) is 3.37. The Hall–Kier alpha value is -0.830. The maximum absolute atomic E-state index is 11.7. The summed E-state index contributed by atoms with van der Waals surface area (Å²) in [5.74, 6) is 0.700. The van der Waals surface area contributed by atoms with Gasteiger partial charge in [0.05, 0.1) is 5.92 Å². The second-order valence-corrected chi connectivity index (χ2v) is 4.57. The number of fused-ring (bicyclic) bond motifs is 2. The Morgan fingerprint density at radius 2 is 2.33 bits per heavy atom. The van der Waals surface area contributed by atoms with Crippen molar-refractivity contribution in [3.05, 3.63) is 12.2 Å². The van der Waals surface area contributed by atoms with Crippen LogP contribution in [0.4, 0.5) is 0 Å². The molecule has 84 valence electrons. The van der Waals surface area contributed by atoms with E-state index in [1.165, 1.54) is 0 Å². The Balaban J connectivity index is 1.84. The molecule has 0 spiro atoms. The van der Waals surface area contributed by atoms with Crippen molar-refractivity contribution >= 4 is 5.97 Å². The minimum absolute atomic E-state index is 0.00786. The van der Waals surface area contributed by atoms with Crippen LogP contribution in [0.3, 0.4) is 0 Å². The fourth-order valence-corrected chi connectivity index (χ4v) is 2.58. The van der Waals surface area contributed by atoms with Crippen LogP contribution in [0.2, 0.25) is 0 Å². The number of hydrogen-bond acceptors (Lipinski definition) is 3. The highest BCUT2D eigenvalue weighted by Gasteiger charge is 2.41. The van der Waals surface area contributed by atoms with Gasteiger partial charge in [0, 0.05) is 6.42 Å². The van der Waals surface area contributed by atoms with Crippen LogP contribution in [0.15, 0.2) is 12.2 Å². The van der Waals surface area contributed by atoms with E-state index < -0.39 is 6.29 Å². The van der Waals surface area contributed by atoms with Crippen molar-refractivity contribution in [2.45, 2.75) is 38.9 Å². The van der Waals surface area contributed by atoms with Gasteiger partial charge < -0.3 is 9.84 Å². The first-order valence-electron chi connectivity index (χ1n) is 5.77.